The van der Waals surface area contributed by atoms with Gasteiger partial charge in [0, 0.05) is 29.7 Å². The number of amides is 1. The highest BCUT2D eigenvalue weighted by Gasteiger charge is 2.44. The minimum atomic E-state index is -0.131. The number of aromatic nitrogens is 2. The Kier molecular flexibility index (Phi) is 3.79. The minimum absolute atomic E-state index is 0.131. The molecule has 1 amide bonds. The molecule has 0 spiro atoms. The molecule has 1 saturated carbocycles. The number of benzene rings is 1. The summed E-state index contributed by atoms with van der Waals surface area (Å²) < 4.78 is 2.34. The third-order valence-corrected chi connectivity index (χ3v) is 6.43. The Bertz CT molecular complexity index is 1200. The molecule has 3 aliphatic rings. The number of hydrogen-bond acceptors (Lipinski definition) is 4. The van der Waals surface area contributed by atoms with Crippen LogP contribution in [0.5, 0.6) is 0 Å². The average Bonchev–Trinajstić information content (AvgIpc) is 3.49. The van der Waals surface area contributed by atoms with Crippen molar-refractivity contribution in [1.29, 1.82) is 0 Å². The van der Waals surface area contributed by atoms with Gasteiger partial charge in [-0.3, -0.25) is 9.78 Å². The van der Waals surface area contributed by atoms with Gasteiger partial charge >= 0.3 is 0 Å². The van der Waals surface area contributed by atoms with Gasteiger partial charge in [0.1, 0.15) is 0 Å². The van der Waals surface area contributed by atoms with E-state index in [4.69, 9.17) is 0 Å². The summed E-state index contributed by atoms with van der Waals surface area (Å²) in [6, 6.07) is 10.7. The number of rotatable bonds is 4. The lowest BCUT2D eigenvalue weighted by Gasteiger charge is -2.22. The standard InChI is InChI=1S/C24H25N5O/c1-15(2)10-12-27-18-6-4-3-5-17(18)22-21(27)14-28-20-13-25-11-9-19(20)29(16-7-8-16)24(28)26-23(22)30/h3-6,9,11,13,15-16H,7-8,10,12,14H2,1-2H3. The molecule has 6 rings (SSSR count). The molecule has 0 N–H and O–H groups in total. The van der Waals surface area contributed by atoms with Gasteiger partial charge in [-0.05, 0) is 37.3 Å². The zero-order valence-corrected chi connectivity index (χ0v) is 17.4. The average molecular weight is 399 g/mol. The van der Waals surface area contributed by atoms with Crippen LogP contribution in [-0.4, -0.2) is 27.5 Å². The fourth-order valence-corrected chi connectivity index (χ4v) is 4.80. The zero-order valence-electron chi connectivity index (χ0n) is 17.4. The van der Waals surface area contributed by atoms with Crippen molar-refractivity contribution >= 4 is 34.1 Å². The lowest BCUT2D eigenvalue weighted by molar-refractivity contribution is 0.100. The number of nitrogens with zero attached hydrogens (tertiary/aromatic N) is 5. The minimum Gasteiger partial charge on any atom is -0.342 e. The van der Waals surface area contributed by atoms with Crippen LogP contribution in [0.1, 0.15) is 49.2 Å². The molecule has 0 radical (unpaired) electrons. The van der Waals surface area contributed by atoms with E-state index < -0.39 is 0 Å². The summed E-state index contributed by atoms with van der Waals surface area (Å²) in [5, 5.41) is 1.01. The van der Waals surface area contributed by atoms with E-state index in [1.54, 1.807) is 0 Å². The normalized spacial score (nSPS) is 17.8. The van der Waals surface area contributed by atoms with Crippen molar-refractivity contribution in [1.82, 2.24) is 9.55 Å². The van der Waals surface area contributed by atoms with E-state index in [-0.39, 0.29) is 5.91 Å². The number of para-hydroxylation sites is 1. The predicted octanol–water partition coefficient (Wildman–Crippen LogP) is 4.58. The number of aliphatic imine (C=N–C) groups is 1. The number of aryl methyl sites for hydroxylation is 1. The first-order valence-electron chi connectivity index (χ1n) is 10.9. The Morgan fingerprint density at radius 1 is 1.13 bits per heavy atom. The van der Waals surface area contributed by atoms with Crippen molar-refractivity contribution in [2.24, 2.45) is 10.9 Å². The SMILES string of the molecule is CC(C)CCn1c2c(c3ccccc31)C(=O)N=C1N(C2)c2cnccc2N1C1CC1. The number of anilines is 2. The maximum Gasteiger partial charge on any atom is 0.282 e. The van der Waals surface area contributed by atoms with Crippen molar-refractivity contribution in [2.75, 3.05) is 9.80 Å². The van der Waals surface area contributed by atoms with Crippen LogP contribution in [0, 0.1) is 5.92 Å². The highest BCUT2D eigenvalue weighted by Crippen LogP contribution is 2.45. The molecule has 0 atom stereocenters. The summed E-state index contributed by atoms with van der Waals surface area (Å²) in [6.45, 7) is 6.02. The molecular formula is C24H25N5O. The van der Waals surface area contributed by atoms with Crippen LogP contribution < -0.4 is 9.80 Å². The second kappa shape index (κ2) is 6.42. The van der Waals surface area contributed by atoms with Crippen LogP contribution in [0.15, 0.2) is 47.7 Å². The number of pyridine rings is 1. The van der Waals surface area contributed by atoms with Gasteiger partial charge in [0.15, 0.2) is 0 Å². The highest BCUT2D eigenvalue weighted by atomic mass is 16.1. The fraction of sp³-hybridized carbons (Fsp3) is 0.375. The van der Waals surface area contributed by atoms with Crippen LogP contribution in [0.4, 0.5) is 11.4 Å². The fourth-order valence-electron chi connectivity index (χ4n) is 4.80. The molecule has 0 saturated heterocycles. The maximum absolute atomic E-state index is 13.5. The quantitative estimate of drug-likeness (QED) is 0.644. The lowest BCUT2D eigenvalue weighted by Crippen LogP contribution is -2.39. The van der Waals surface area contributed by atoms with E-state index in [9.17, 15) is 4.79 Å². The molecule has 4 heterocycles. The molecule has 3 aromatic rings. The smallest absolute Gasteiger partial charge is 0.282 e. The van der Waals surface area contributed by atoms with Gasteiger partial charge in [0.25, 0.3) is 5.91 Å². The number of carbonyl (C=O) groups excluding carboxylic acids is 1. The Morgan fingerprint density at radius 2 is 1.97 bits per heavy atom. The Balaban J connectivity index is 1.55. The van der Waals surface area contributed by atoms with Crippen molar-refractivity contribution in [3.05, 3.63) is 54.0 Å². The zero-order chi connectivity index (χ0) is 20.4. The predicted molar refractivity (Wildman–Crippen MR) is 119 cm³/mol. The first kappa shape index (κ1) is 17.7. The summed E-state index contributed by atoms with van der Waals surface area (Å²) in [4.78, 5) is 27.0. The summed E-state index contributed by atoms with van der Waals surface area (Å²) in [5.74, 6) is 1.23. The molecule has 6 nitrogen and oxygen atoms in total. The van der Waals surface area contributed by atoms with Gasteiger partial charge < -0.3 is 14.4 Å². The van der Waals surface area contributed by atoms with Crippen LogP contribution in [0.2, 0.25) is 0 Å². The molecule has 1 fully saturated rings. The Hall–Kier alpha value is -3.15. The highest BCUT2D eigenvalue weighted by molar-refractivity contribution is 6.23. The van der Waals surface area contributed by atoms with E-state index >= 15 is 0 Å². The molecule has 0 unspecified atom stereocenters. The van der Waals surface area contributed by atoms with Gasteiger partial charge in [-0.25, -0.2) is 0 Å². The summed E-state index contributed by atoms with van der Waals surface area (Å²) in [7, 11) is 0. The van der Waals surface area contributed by atoms with Crippen molar-refractivity contribution < 1.29 is 4.79 Å². The van der Waals surface area contributed by atoms with E-state index in [2.05, 4.69) is 56.4 Å². The van der Waals surface area contributed by atoms with Gasteiger partial charge in [0.05, 0.1) is 35.4 Å². The summed E-state index contributed by atoms with van der Waals surface area (Å²) in [5.41, 5.74) is 5.11. The van der Waals surface area contributed by atoms with Crippen LogP contribution in [0.25, 0.3) is 10.9 Å². The molecule has 2 aliphatic heterocycles. The van der Waals surface area contributed by atoms with E-state index in [1.807, 2.05) is 24.5 Å². The third kappa shape index (κ3) is 2.52. The van der Waals surface area contributed by atoms with E-state index in [0.717, 1.165) is 65.3 Å². The molecular weight excluding hydrogens is 374 g/mol. The van der Waals surface area contributed by atoms with Crippen LogP contribution in [0.3, 0.4) is 0 Å². The van der Waals surface area contributed by atoms with Crippen molar-refractivity contribution in [3.63, 3.8) is 0 Å². The van der Waals surface area contributed by atoms with Crippen molar-refractivity contribution in [3.8, 4) is 0 Å². The number of hydrogen-bond donors (Lipinski definition) is 0. The first-order valence-corrected chi connectivity index (χ1v) is 10.9. The number of fused-ring (bicyclic) bond motifs is 6. The number of carbonyl (C=O) groups is 1. The molecule has 152 valence electrons. The van der Waals surface area contributed by atoms with Crippen LogP contribution >= 0.6 is 0 Å². The van der Waals surface area contributed by atoms with Gasteiger partial charge in [-0.1, -0.05) is 32.0 Å². The van der Waals surface area contributed by atoms with E-state index in [0.29, 0.717) is 18.5 Å². The second-order valence-corrected chi connectivity index (χ2v) is 8.94. The second-order valence-electron chi connectivity index (χ2n) is 8.94. The Labute approximate surface area is 175 Å². The van der Waals surface area contributed by atoms with Gasteiger partial charge in [-0.2, -0.15) is 4.99 Å². The molecule has 6 heteroatoms. The molecule has 1 aromatic carbocycles. The van der Waals surface area contributed by atoms with Gasteiger partial charge in [0.2, 0.25) is 5.96 Å². The first-order chi connectivity index (χ1) is 14.6. The Morgan fingerprint density at radius 3 is 2.77 bits per heavy atom. The summed E-state index contributed by atoms with van der Waals surface area (Å²) in [6.07, 6.45) is 7.08. The maximum atomic E-state index is 13.5. The lowest BCUT2D eigenvalue weighted by atomic mass is 10.1. The molecule has 1 aliphatic carbocycles. The van der Waals surface area contributed by atoms with E-state index in [1.165, 1.54) is 0 Å². The topological polar surface area (TPSA) is 53.7 Å². The molecule has 30 heavy (non-hydrogen) atoms. The third-order valence-electron chi connectivity index (χ3n) is 6.43. The summed E-state index contributed by atoms with van der Waals surface area (Å²) >= 11 is 0. The monoisotopic (exact) mass is 399 g/mol. The number of guanidine groups is 1. The van der Waals surface area contributed by atoms with Crippen molar-refractivity contribution in [2.45, 2.75) is 52.2 Å². The van der Waals surface area contributed by atoms with Gasteiger partial charge in [-0.15, -0.1) is 0 Å². The van der Waals surface area contributed by atoms with Crippen LogP contribution in [-0.2, 0) is 13.1 Å². The molecule has 2 aromatic heterocycles. The largest absolute Gasteiger partial charge is 0.342 e. The molecule has 0 bridgehead atoms.